The van der Waals surface area contributed by atoms with Crippen molar-refractivity contribution in [1.82, 2.24) is 0 Å². The molecule has 32 heavy (non-hydrogen) atoms. The van der Waals surface area contributed by atoms with Crippen molar-refractivity contribution in [3.8, 4) is 0 Å². The van der Waals surface area contributed by atoms with E-state index in [1.807, 2.05) is 56.3 Å². The molecule has 3 aromatic carbocycles. The predicted molar refractivity (Wildman–Crippen MR) is 126 cm³/mol. The molecule has 4 nitrogen and oxygen atoms in total. The molecule has 0 aliphatic carbocycles. The monoisotopic (exact) mass is 448 g/mol. The molecule has 1 aliphatic rings. The highest BCUT2D eigenvalue weighted by Gasteiger charge is 2.40. The minimum Gasteiger partial charge on any atom is -0.350 e. The molecule has 0 atom stereocenters. The molecule has 0 saturated carbocycles. The van der Waals surface area contributed by atoms with Gasteiger partial charge in [0.05, 0.1) is 16.3 Å². The van der Waals surface area contributed by atoms with E-state index < -0.39 is 17.6 Å². The summed E-state index contributed by atoms with van der Waals surface area (Å²) in [7, 11) is 0. The van der Waals surface area contributed by atoms with Crippen LogP contribution in [0.1, 0.15) is 29.2 Å². The summed E-state index contributed by atoms with van der Waals surface area (Å²) in [6, 6.07) is 17.1. The minimum atomic E-state index is -0.619. The van der Waals surface area contributed by atoms with Crippen LogP contribution in [0.4, 0.5) is 15.8 Å². The fraction of sp³-hybridized carbons (Fsp3) is 0.154. The zero-order valence-corrected chi connectivity index (χ0v) is 18.8. The molecule has 0 unspecified atom stereocenters. The fourth-order valence-corrected chi connectivity index (χ4v) is 3.81. The Bertz CT molecular complexity index is 1270. The van der Waals surface area contributed by atoms with Gasteiger partial charge in [0, 0.05) is 5.69 Å². The molecule has 2 amide bonds. The van der Waals surface area contributed by atoms with Crippen molar-refractivity contribution in [2.75, 3.05) is 10.2 Å². The molecule has 0 aromatic heterocycles. The number of nitrogens with one attached hydrogen (secondary N) is 1. The Morgan fingerprint density at radius 3 is 2.25 bits per heavy atom. The van der Waals surface area contributed by atoms with Crippen LogP contribution in [0.2, 0.25) is 5.02 Å². The van der Waals surface area contributed by atoms with Crippen molar-refractivity contribution < 1.29 is 14.0 Å². The van der Waals surface area contributed by atoms with E-state index in [1.54, 1.807) is 0 Å². The third kappa shape index (κ3) is 3.92. The molecule has 1 N–H and O–H groups in total. The van der Waals surface area contributed by atoms with E-state index in [4.69, 9.17) is 11.6 Å². The number of benzene rings is 3. The van der Waals surface area contributed by atoms with Gasteiger partial charge in [-0.2, -0.15) is 0 Å². The number of amides is 2. The molecule has 0 spiro atoms. The third-order valence-corrected chi connectivity index (χ3v) is 5.96. The van der Waals surface area contributed by atoms with Crippen molar-refractivity contribution in [3.63, 3.8) is 0 Å². The summed E-state index contributed by atoms with van der Waals surface area (Å²) < 4.78 is 13.7. The lowest BCUT2D eigenvalue weighted by Gasteiger charge is -2.16. The molecule has 0 saturated heterocycles. The van der Waals surface area contributed by atoms with Crippen molar-refractivity contribution in [2.24, 2.45) is 0 Å². The molecular weight excluding hydrogens is 427 g/mol. The van der Waals surface area contributed by atoms with Gasteiger partial charge in [-0.1, -0.05) is 48.9 Å². The number of hydrogen-bond acceptors (Lipinski definition) is 3. The maximum atomic E-state index is 13.7. The number of rotatable bonds is 5. The second-order valence-electron chi connectivity index (χ2n) is 7.77. The Balaban J connectivity index is 1.82. The molecule has 1 heterocycles. The highest BCUT2D eigenvalue weighted by atomic mass is 35.5. The van der Waals surface area contributed by atoms with Crippen molar-refractivity contribution in [2.45, 2.75) is 27.2 Å². The number of carbonyl (C=O) groups is 2. The number of carbonyl (C=O) groups excluding carboxylic acids is 2. The number of halogens is 2. The second kappa shape index (κ2) is 8.60. The van der Waals surface area contributed by atoms with E-state index in [2.05, 4.69) is 12.2 Å². The predicted octanol–water partition coefficient (Wildman–Crippen LogP) is 6.05. The summed E-state index contributed by atoms with van der Waals surface area (Å²) in [4.78, 5) is 27.9. The Labute approximate surface area is 191 Å². The standard InChI is InChI=1S/C26H22ClFN2O2/c1-4-17-6-9-19(10-7-17)29-24-23(18-8-5-15(2)16(3)13-18)25(31)30(26(24)32)20-11-12-22(28)21(27)14-20/h5-14,29H,4H2,1-3H3. The van der Waals surface area contributed by atoms with Gasteiger partial charge in [0.25, 0.3) is 11.8 Å². The van der Waals surface area contributed by atoms with Crippen LogP contribution in [0.5, 0.6) is 0 Å². The van der Waals surface area contributed by atoms with E-state index in [9.17, 15) is 14.0 Å². The lowest BCUT2D eigenvalue weighted by molar-refractivity contribution is -0.120. The van der Waals surface area contributed by atoms with E-state index in [1.165, 1.54) is 12.1 Å². The maximum absolute atomic E-state index is 13.7. The van der Waals surface area contributed by atoms with Gasteiger partial charge < -0.3 is 5.32 Å². The molecule has 0 bridgehead atoms. The summed E-state index contributed by atoms with van der Waals surface area (Å²) in [5, 5.41) is 2.98. The van der Waals surface area contributed by atoms with Gasteiger partial charge in [0.1, 0.15) is 11.5 Å². The quantitative estimate of drug-likeness (QED) is 0.483. The van der Waals surface area contributed by atoms with E-state index in [-0.39, 0.29) is 22.0 Å². The molecule has 0 fully saturated rings. The van der Waals surface area contributed by atoms with Gasteiger partial charge in [0.15, 0.2) is 0 Å². The van der Waals surface area contributed by atoms with Gasteiger partial charge in [-0.3, -0.25) is 9.59 Å². The lowest BCUT2D eigenvalue weighted by atomic mass is 9.99. The number of anilines is 2. The van der Waals surface area contributed by atoms with Crippen LogP contribution >= 0.6 is 11.6 Å². The lowest BCUT2D eigenvalue weighted by Crippen LogP contribution is -2.32. The van der Waals surface area contributed by atoms with Gasteiger partial charge in [-0.25, -0.2) is 9.29 Å². The summed E-state index contributed by atoms with van der Waals surface area (Å²) in [5.74, 6) is -1.63. The highest BCUT2D eigenvalue weighted by molar-refractivity contribution is 6.46. The summed E-state index contributed by atoms with van der Waals surface area (Å²) in [5.41, 5.74) is 5.22. The molecule has 4 rings (SSSR count). The van der Waals surface area contributed by atoms with E-state index in [0.29, 0.717) is 11.3 Å². The zero-order valence-electron chi connectivity index (χ0n) is 18.0. The normalized spacial score (nSPS) is 13.8. The summed E-state index contributed by atoms with van der Waals surface area (Å²) in [6.07, 6.45) is 0.896. The van der Waals surface area contributed by atoms with E-state index in [0.717, 1.165) is 34.1 Å². The number of nitrogens with zero attached hydrogens (tertiary/aromatic N) is 1. The Hall–Kier alpha value is -3.44. The van der Waals surface area contributed by atoms with Crippen LogP contribution < -0.4 is 10.2 Å². The van der Waals surface area contributed by atoms with Crippen LogP contribution in [0.3, 0.4) is 0 Å². The van der Waals surface area contributed by atoms with Gasteiger partial charge in [0.2, 0.25) is 0 Å². The molecular formula is C26H22ClFN2O2. The van der Waals surface area contributed by atoms with Gasteiger partial charge in [-0.05, 0) is 72.9 Å². The average Bonchev–Trinajstić information content (AvgIpc) is 3.02. The molecule has 3 aromatic rings. The van der Waals surface area contributed by atoms with Gasteiger partial charge >= 0.3 is 0 Å². The third-order valence-electron chi connectivity index (χ3n) is 5.67. The molecule has 6 heteroatoms. The summed E-state index contributed by atoms with van der Waals surface area (Å²) in [6.45, 7) is 6.00. The first-order chi connectivity index (χ1) is 15.3. The summed E-state index contributed by atoms with van der Waals surface area (Å²) >= 11 is 5.92. The smallest absolute Gasteiger partial charge is 0.282 e. The number of aryl methyl sites for hydroxylation is 3. The largest absolute Gasteiger partial charge is 0.350 e. The SMILES string of the molecule is CCc1ccc(NC2=C(c3ccc(C)c(C)c3)C(=O)N(c3ccc(F)c(Cl)c3)C2=O)cc1. The Morgan fingerprint density at radius 2 is 1.62 bits per heavy atom. The molecule has 162 valence electrons. The number of imide groups is 1. The second-order valence-corrected chi connectivity index (χ2v) is 8.18. The first kappa shape index (κ1) is 21.8. The van der Waals surface area contributed by atoms with Crippen molar-refractivity contribution in [3.05, 3.63) is 99.5 Å². The van der Waals surface area contributed by atoms with Crippen LogP contribution in [0.15, 0.2) is 66.4 Å². The van der Waals surface area contributed by atoms with Gasteiger partial charge in [-0.15, -0.1) is 0 Å². The van der Waals surface area contributed by atoms with Crippen molar-refractivity contribution in [1.29, 1.82) is 0 Å². The maximum Gasteiger partial charge on any atom is 0.282 e. The van der Waals surface area contributed by atoms with Crippen molar-refractivity contribution >= 4 is 40.4 Å². The Kier molecular flexibility index (Phi) is 5.85. The van der Waals surface area contributed by atoms with Crippen LogP contribution in [-0.4, -0.2) is 11.8 Å². The molecule has 1 aliphatic heterocycles. The Morgan fingerprint density at radius 1 is 0.906 bits per heavy atom. The fourth-order valence-electron chi connectivity index (χ4n) is 3.64. The van der Waals surface area contributed by atoms with Crippen LogP contribution in [0.25, 0.3) is 5.57 Å². The van der Waals surface area contributed by atoms with Crippen LogP contribution in [0, 0.1) is 19.7 Å². The zero-order chi connectivity index (χ0) is 23.0. The molecule has 0 radical (unpaired) electrons. The first-order valence-electron chi connectivity index (χ1n) is 10.3. The average molecular weight is 449 g/mol. The highest BCUT2D eigenvalue weighted by Crippen LogP contribution is 2.35. The topological polar surface area (TPSA) is 49.4 Å². The van der Waals surface area contributed by atoms with Crippen LogP contribution in [-0.2, 0) is 16.0 Å². The number of hydrogen-bond donors (Lipinski definition) is 1. The first-order valence-corrected chi connectivity index (χ1v) is 10.7. The van der Waals surface area contributed by atoms with E-state index >= 15 is 0 Å². The minimum absolute atomic E-state index is 0.160.